The standard InChI is InChI=1S/C21H22FNO6/c1-13(12-24)28-16-8-15(21(26)27-2)9-17(11-16)29-19-5-4-14(10-18(19)22)20(25)23-6-3-7-23/h4-5,8-11,13,24H,3,6-7,12H2,1-2H3/t13-/m0/s1. The van der Waals surface area contributed by atoms with Crippen molar-refractivity contribution in [3.63, 3.8) is 0 Å². The Morgan fingerprint density at radius 1 is 1.14 bits per heavy atom. The number of benzene rings is 2. The van der Waals surface area contributed by atoms with Crippen LogP contribution in [0.2, 0.25) is 0 Å². The molecule has 0 radical (unpaired) electrons. The molecule has 1 aliphatic rings. The molecule has 2 aromatic rings. The van der Waals surface area contributed by atoms with Crippen LogP contribution in [0.1, 0.15) is 34.1 Å². The molecule has 1 heterocycles. The molecule has 8 heteroatoms. The first-order chi connectivity index (χ1) is 13.9. The summed E-state index contributed by atoms with van der Waals surface area (Å²) in [4.78, 5) is 25.8. The van der Waals surface area contributed by atoms with Gasteiger partial charge >= 0.3 is 5.97 Å². The maximum Gasteiger partial charge on any atom is 0.338 e. The molecule has 0 bridgehead atoms. The minimum absolute atomic E-state index is 0.103. The molecule has 29 heavy (non-hydrogen) atoms. The minimum atomic E-state index is -0.703. The zero-order valence-corrected chi connectivity index (χ0v) is 16.2. The van der Waals surface area contributed by atoms with Crippen LogP contribution >= 0.6 is 0 Å². The Hall–Kier alpha value is -3.13. The quantitative estimate of drug-likeness (QED) is 0.716. The van der Waals surface area contributed by atoms with Crippen molar-refractivity contribution in [3.05, 3.63) is 53.3 Å². The van der Waals surface area contributed by atoms with E-state index in [1.165, 1.54) is 37.4 Å². The van der Waals surface area contributed by atoms with Gasteiger partial charge in [-0.1, -0.05) is 0 Å². The Balaban J connectivity index is 1.85. The van der Waals surface area contributed by atoms with Crippen molar-refractivity contribution in [1.29, 1.82) is 0 Å². The Labute approximate surface area is 167 Å². The fraction of sp³-hybridized carbons (Fsp3) is 0.333. The van der Waals surface area contributed by atoms with E-state index in [4.69, 9.17) is 19.3 Å². The van der Waals surface area contributed by atoms with Crippen molar-refractivity contribution in [2.75, 3.05) is 26.8 Å². The summed E-state index contributed by atoms with van der Waals surface area (Å²) < 4.78 is 30.3. The number of rotatable bonds is 7. The van der Waals surface area contributed by atoms with Crippen LogP contribution in [0.15, 0.2) is 36.4 Å². The summed E-state index contributed by atoms with van der Waals surface area (Å²) in [5.41, 5.74) is 0.397. The first-order valence-corrected chi connectivity index (χ1v) is 9.19. The summed E-state index contributed by atoms with van der Waals surface area (Å²) in [7, 11) is 1.24. The zero-order valence-electron chi connectivity index (χ0n) is 16.2. The smallest absolute Gasteiger partial charge is 0.338 e. The molecule has 7 nitrogen and oxygen atoms in total. The Morgan fingerprint density at radius 3 is 2.45 bits per heavy atom. The van der Waals surface area contributed by atoms with E-state index in [1.807, 2.05) is 0 Å². The summed E-state index contributed by atoms with van der Waals surface area (Å²) in [5, 5.41) is 9.17. The van der Waals surface area contributed by atoms with Crippen molar-refractivity contribution in [2.24, 2.45) is 0 Å². The number of amides is 1. The zero-order chi connectivity index (χ0) is 21.0. The number of hydrogen-bond acceptors (Lipinski definition) is 6. The SMILES string of the molecule is COC(=O)c1cc(Oc2ccc(C(=O)N3CCC3)cc2F)cc(O[C@@H](C)CO)c1. The lowest BCUT2D eigenvalue weighted by molar-refractivity contribution is 0.0598. The van der Waals surface area contributed by atoms with Crippen LogP contribution in [0.25, 0.3) is 0 Å². The number of carbonyl (C=O) groups is 2. The van der Waals surface area contributed by atoms with E-state index < -0.39 is 17.9 Å². The lowest BCUT2D eigenvalue weighted by Gasteiger charge is -2.30. The van der Waals surface area contributed by atoms with E-state index in [-0.39, 0.29) is 40.9 Å². The molecule has 1 aliphatic heterocycles. The number of halogens is 1. The van der Waals surface area contributed by atoms with Gasteiger partial charge in [0.1, 0.15) is 17.6 Å². The molecular formula is C21H22FNO6. The number of nitrogens with zero attached hydrogens (tertiary/aromatic N) is 1. The molecule has 1 atom stereocenters. The average molecular weight is 403 g/mol. The van der Waals surface area contributed by atoms with E-state index in [2.05, 4.69) is 0 Å². The van der Waals surface area contributed by atoms with Crippen LogP contribution in [0.3, 0.4) is 0 Å². The topological polar surface area (TPSA) is 85.3 Å². The van der Waals surface area contributed by atoms with E-state index in [0.29, 0.717) is 13.1 Å². The summed E-state index contributed by atoms with van der Waals surface area (Å²) in [6, 6.07) is 8.29. The van der Waals surface area contributed by atoms with Gasteiger partial charge in [-0.2, -0.15) is 0 Å². The molecule has 0 saturated carbocycles. The number of ether oxygens (including phenoxy) is 3. The number of methoxy groups -OCH3 is 1. The predicted molar refractivity (Wildman–Crippen MR) is 102 cm³/mol. The predicted octanol–water partition coefficient (Wildman–Crippen LogP) is 3.01. The molecule has 154 valence electrons. The molecule has 1 saturated heterocycles. The van der Waals surface area contributed by atoms with Gasteiger partial charge < -0.3 is 24.2 Å². The lowest BCUT2D eigenvalue weighted by atomic mass is 10.1. The second-order valence-corrected chi connectivity index (χ2v) is 6.69. The highest BCUT2D eigenvalue weighted by Gasteiger charge is 2.22. The Bertz CT molecular complexity index is 912. The fourth-order valence-electron chi connectivity index (χ4n) is 2.75. The van der Waals surface area contributed by atoms with Gasteiger partial charge in [0, 0.05) is 24.7 Å². The molecule has 1 amide bonds. The Kier molecular flexibility index (Phi) is 6.33. The van der Waals surface area contributed by atoms with Crippen LogP contribution in [-0.2, 0) is 4.74 Å². The molecule has 0 aromatic heterocycles. The van der Waals surface area contributed by atoms with Gasteiger partial charge in [-0.3, -0.25) is 4.79 Å². The van der Waals surface area contributed by atoms with Gasteiger partial charge in [0.15, 0.2) is 11.6 Å². The number of likely N-dealkylation sites (tertiary alicyclic amines) is 1. The fourth-order valence-corrected chi connectivity index (χ4v) is 2.75. The second-order valence-electron chi connectivity index (χ2n) is 6.69. The van der Waals surface area contributed by atoms with Gasteiger partial charge in [0.25, 0.3) is 5.91 Å². The largest absolute Gasteiger partial charge is 0.488 e. The number of aliphatic hydroxyl groups is 1. The van der Waals surface area contributed by atoms with E-state index in [0.717, 1.165) is 12.5 Å². The highest BCUT2D eigenvalue weighted by molar-refractivity contribution is 5.94. The van der Waals surface area contributed by atoms with Crippen molar-refractivity contribution < 1.29 is 33.3 Å². The molecule has 1 fully saturated rings. The van der Waals surface area contributed by atoms with Gasteiger partial charge in [-0.25, -0.2) is 9.18 Å². The number of carbonyl (C=O) groups excluding carboxylic acids is 2. The summed E-state index contributed by atoms with van der Waals surface area (Å²) in [6.45, 7) is 2.78. The molecule has 0 aliphatic carbocycles. The maximum absolute atomic E-state index is 14.5. The van der Waals surface area contributed by atoms with Gasteiger partial charge in [-0.05, 0) is 43.7 Å². The first-order valence-electron chi connectivity index (χ1n) is 9.19. The van der Waals surface area contributed by atoms with E-state index in [9.17, 15) is 14.0 Å². The molecule has 1 N–H and O–H groups in total. The minimum Gasteiger partial charge on any atom is -0.488 e. The monoisotopic (exact) mass is 403 g/mol. The number of hydrogen-bond donors (Lipinski definition) is 1. The third-order valence-corrected chi connectivity index (χ3v) is 4.45. The van der Waals surface area contributed by atoms with Crippen LogP contribution in [-0.4, -0.2) is 54.8 Å². The lowest BCUT2D eigenvalue weighted by Crippen LogP contribution is -2.42. The van der Waals surface area contributed by atoms with E-state index >= 15 is 0 Å². The van der Waals surface area contributed by atoms with Crippen LogP contribution in [0.5, 0.6) is 17.2 Å². The van der Waals surface area contributed by atoms with E-state index in [1.54, 1.807) is 11.8 Å². The van der Waals surface area contributed by atoms with Crippen molar-refractivity contribution in [3.8, 4) is 17.2 Å². The molecule has 2 aromatic carbocycles. The molecule has 3 rings (SSSR count). The van der Waals surface area contributed by atoms with Crippen LogP contribution in [0.4, 0.5) is 4.39 Å². The maximum atomic E-state index is 14.5. The normalized spacial score (nSPS) is 14.0. The number of aliphatic hydroxyl groups excluding tert-OH is 1. The van der Waals surface area contributed by atoms with Gasteiger partial charge in [0.2, 0.25) is 0 Å². The summed E-state index contributed by atoms with van der Waals surface area (Å²) >= 11 is 0. The number of esters is 1. The summed E-state index contributed by atoms with van der Waals surface area (Å²) in [6.07, 6.45) is 0.435. The van der Waals surface area contributed by atoms with Crippen molar-refractivity contribution in [2.45, 2.75) is 19.4 Å². The first kappa shape index (κ1) is 20.6. The molecule has 0 spiro atoms. The van der Waals surface area contributed by atoms with Crippen molar-refractivity contribution >= 4 is 11.9 Å². The van der Waals surface area contributed by atoms with Crippen LogP contribution < -0.4 is 9.47 Å². The molecular weight excluding hydrogens is 381 g/mol. The molecule has 0 unspecified atom stereocenters. The highest BCUT2D eigenvalue weighted by atomic mass is 19.1. The van der Waals surface area contributed by atoms with Crippen LogP contribution in [0, 0.1) is 5.82 Å². The van der Waals surface area contributed by atoms with Gasteiger partial charge in [-0.15, -0.1) is 0 Å². The second kappa shape index (κ2) is 8.91. The summed E-state index contributed by atoms with van der Waals surface area (Å²) in [5.74, 6) is -1.24. The third kappa shape index (κ3) is 4.83. The average Bonchev–Trinajstić information content (AvgIpc) is 2.67. The third-order valence-electron chi connectivity index (χ3n) is 4.45. The van der Waals surface area contributed by atoms with Gasteiger partial charge in [0.05, 0.1) is 19.3 Å². The van der Waals surface area contributed by atoms with Crippen molar-refractivity contribution in [1.82, 2.24) is 4.90 Å². The Morgan fingerprint density at radius 2 is 1.86 bits per heavy atom. The highest BCUT2D eigenvalue weighted by Crippen LogP contribution is 2.30.